The van der Waals surface area contributed by atoms with Crippen molar-refractivity contribution in [1.29, 1.82) is 0 Å². The molecule has 10 nitrogen and oxygen atoms in total. The summed E-state index contributed by atoms with van der Waals surface area (Å²) in [7, 11) is 0. The largest absolute Gasteiger partial charge is 0.382 e. The van der Waals surface area contributed by atoms with Crippen molar-refractivity contribution < 1.29 is 4.79 Å². The smallest absolute Gasteiger partial charge is 0.280 e. The van der Waals surface area contributed by atoms with Crippen LogP contribution in [0.4, 0.5) is 11.6 Å². The van der Waals surface area contributed by atoms with Crippen LogP contribution in [0.1, 0.15) is 10.5 Å². The lowest BCUT2D eigenvalue weighted by molar-refractivity contribution is 0.0972. The van der Waals surface area contributed by atoms with Crippen LogP contribution in [0.5, 0.6) is 0 Å². The first-order valence-electron chi connectivity index (χ1n) is 5.49. The molecule has 0 saturated carbocycles. The zero-order chi connectivity index (χ0) is 14.7. The molecule has 0 spiro atoms. The van der Waals surface area contributed by atoms with Crippen LogP contribution in [-0.2, 0) is 0 Å². The fraction of sp³-hybridized carbons (Fsp3) is 0.222. The first-order valence-corrected chi connectivity index (χ1v) is 5.87. The number of guanidine groups is 2. The molecule has 0 saturated heterocycles. The van der Waals surface area contributed by atoms with Crippen LogP contribution in [0.3, 0.4) is 0 Å². The van der Waals surface area contributed by atoms with Gasteiger partial charge in [0.15, 0.2) is 22.5 Å². The molecule has 2 heterocycles. The number of anilines is 2. The van der Waals surface area contributed by atoms with Gasteiger partial charge >= 0.3 is 0 Å². The molecule has 0 radical (unpaired) electrons. The molecule has 1 aliphatic heterocycles. The number of hydrogen-bond donors (Lipinski definition) is 5. The number of nitrogens with one attached hydrogen (secondary N) is 2. The minimum absolute atomic E-state index is 0.0631. The van der Waals surface area contributed by atoms with Gasteiger partial charge in [-0.25, -0.2) is 15.0 Å². The SMILES string of the molecule is N/C(=N/C1=NCCN1)NC(=O)c1nc(Cl)c(N)nc1N. The molecule has 1 aliphatic rings. The number of aromatic nitrogens is 2. The Kier molecular flexibility index (Phi) is 3.84. The molecule has 0 fully saturated rings. The van der Waals surface area contributed by atoms with Gasteiger partial charge in [-0.15, -0.1) is 0 Å². The third-order valence-electron chi connectivity index (χ3n) is 2.24. The summed E-state index contributed by atoms with van der Waals surface area (Å²) >= 11 is 5.68. The highest BCUT2D eigenvalue weighted by Gasteiger charge is 2.17. The third-order valence-corrected chi connectivity index (χ3v) is 2.52. The van der Waals surface area contributed by atoms with Crippen LogP contribution in [0.2, 0.25) is 5.15 Å². The van der Waals surface area contributed by atoms with E-state index < -0.39 is 5.91 Å². The van der Waals surface area contributed by atoms with Crippen molar-refractivity contribution in [2.24, 2.45) is 15.7 Å². The number of nitrogen functional groups attached to an aromatic ring is 2. The van der Waals surface area contributed by atoms with Gasteiger partial charge in [-0.2, -0.15) is 4.99 Å². The molecule has 0 bridgehead atoms. The fourth-order valence-electron chi connectivity index (χ4n) is 1.39. The van der Waals surface area contributed by atoms with Crippen molar-refractivity contribution in [3.63, 3.8) is 0 Å². The van der Waals surface area contributed by atoms with E-state index in [9.17, 15) is 4.79 Å². The molecule has 8 N–H and O–H groups in total. The summed E-state index contributed by atoms with van der Waals surface area (Å²) in [5.74, 6) is -0.730. The van der Waals surface area contributed by atoms with E-state index in [-0.39, 0.29) is 28.4 Å². The summed E-state index contributed by atoms with van der Waals surface area (Å²) in [5.41, 5.74) is 16.3. The molecule has 1 amide bonds. The molecule has 0 atom stereocenters. The Balaban J connectivity index is 2.14. The van der Waals surface area contributed by atoms with Gasteiger partial charge in [-0.1, -0.05) is 11.6 Å². The summed E-state index contributed by atoms with van der Waals surface area (Å²) in [6, 6.07) is 0. The second-order valence-electron chi connectivity index (χ2n) is 3.72. The van der Waals surface area contributed by atoms with Gasteiger partial charge in [0.25, 0.3) is 5.91 Å². The van der Waals surface area contributed by atoms with Crippen molar-refractivity contribution >= 4 is 41.1 Å². The van der Waals surface area contributed by atoms with Gasteiger partial charge in [0.1, 0.15) is 0 Å². The van der Waals surface area contributed by atoms with Crippen molar-refractivity contribution in [1.82, 2.24) is 20.6 Å². The van der Waals surface area contributed by atoms with Gasteiger partial charge in [-0.05, 0) is 0 Å². The quantitative estimate of drug-likeness (QED) is 0.304. The highest BCUT2D eigenvalue weighted by atomic mass is 35.5. The molecule has 0 aromatic carbocycles. The van der Waals surface area contributed by atoms with E-state index in [1.54, 1.807) is 0 Å². The van der Waals surface area contributed by atoms with E-state index in [4.69, 9.17) is 28.8 Å². The predicted molar refractivity (Wildman–Crippen MR) is 75.3 cm³/mol. The lowest BCUT2D eigenvalue weighted by atomic mass is 10.4. The maximum Gasteiger partial charge on any atom is 0.280 e. The molecule has 0 unspecified atom stereocenters. The zero-order valence-corrected chi connectivity index (χ0v) is 11.0. The predicted octanol–water partition coefficient (Wildman–Crippen LogP) is -1.70. The van der Waals surface area contributed by atoms with Gasteiger partial charge < -0.3 is 22.5 Å². The van der Waals surface area contributed by atoms with Gasteiger partial charge in [-0.3, -0.25) is 10.1 Å². The van der Waals surface area contributed by atoms with E-state index in [0.717, 1.165) is 0 Å². The average molecular weight is 298 g/mol. The van der Waals surface area contributed by atoms with Crippen LogP contribution in [-0.4, -0.2) is 40.9 Å². The minimum atomic E-state index is -0.697. The third kappa shape index (κ3) is 3.03. The van der Waals surface area contributed by atoms with Crippen molar-refractivity contribution in [3.8, 4) is 0 Å². The van der Waals surface area contributed by atoms with Gasteiger partial charge in [0.05, 0.1) is 6.54 Å². The number of carbonyl (C=O) groups excluding carboxylic acids is 1. The molecule has 106 valence electrons. The lowest BCUT2D eigenvalue weighted by Crippen LogP contribution is -2.39. The number of carbonyl (C=O) groups is 1. The molecular weight excluding hydrogens is 286 g/mol. The Bertz CT molecular complexity index is 612. The van der Waals surface area contributed by atoms with E-state index in [0.29, 0.717) is 19.0 Å². The Morgan fingerprint density at radius 1 is 1.35 bits per heavy atom. The van der Waals surface area contributed by atoms with Gasteiger partial charge in [0, 0.05) is 6.54 Å². The highest BCUT2D eigenvalue weighted by Crippen LogP contribution is 2.16. The summed E-state index contributed by atoms with van der Waals surface area (Å²) in [4.78, 5) is 27.2. The molecule has 0 aliphatic carbocycles. The maximum atomic E-state index is 11.9. The van der Waals surface area contributed by atoms with E-state index in [1.165, 1.54) is 0 Å². The second kappa shape index (κ2) is 5.57. The molecule has 11 heteroatoms. The average Bonchev–Trinajstić information content (AvgIpc) is 2.86. The normalized spacial score (nSPS) is 14.7. The monoisotopic (exact) mass is 297 g/mol. The van der Waals surface area contributed by atoms with Gasteiger partial charge in [0.2, 0.25) is 11.9 Å². The first-order chi connectivity index (χ1) is 9.47. The topological polar surface area (TPSA) is 170 Å². The Morgan fingerprint density at radius 3 is 2.75 bits per heavy atom. The van der Waals surface area contributed by atoms with Crippen LogP contribution in [0.15, 0.2) is 9.98 Å². The number of rotatable bonds is 1. The summed E-state index contributed by atoms with van der Waals surface area (Å²) < 4.78 is 0. The maximum absolute atomic E-state index is 11.9. The molecule has 1 aromatic rings. The number of amides is 1. The Morgan fingerprint density at radius 2 is 2.10 bits per heavy atom. The molecular formula is C9H12ClN9O. The van der Waals surface area contributed by atoms with Crippen LogP contribution < -0.4 is 27.8 Å². The number of nitrogens with two attached hydrogens (primary N) is 3. The van der Waals surface area contributed by atoms with E-state index >= 15 is 0 Å². The number of hydrogen-bond acceptors (Lipinski definition) is 8. The van der Waals surface area contributed by atoms with Crippen molar-refractivity contribution in [2.45, 2.75) is 0 Å². The first kappa shape index (κ1) is 13.8. The summed E-state index contributed by atoms with van der Waals surface area (Å²) in [5, 5.41) is 5.04. The lowest BCUT2D eigenvalue weighted by Gasteiger charge is -2.07. The van der Waals surface area contributed by atoms with Crippen LogP contribution in [0, 0.1) is 0 Å². The number of aliphatic imine (C=N–C) groups is 2. The molecule has 1 aromatic heterocycles. The van der Waals surface area contributed by atoms with Crippen LogP contribution in [0.25, 0.3) is 0 Å². The summed E-state index contributed by atoms with van der Waals surface area (Å²) in [6.45, 7) is 1.28. The molecule has 20 heavy (non-hydrogen) atoms. The second-order valence-corrected chi connectivity index (χ2v) is 4.07. The summed E-state index contributed by atoms with van der Waals surface area (Å²) in [6.07, 6.45) is 0. The number of halogens is 1. The standard InChI is InChI=1S/C9H12ClN9O/c10-4-6(12)17-5(11)3(16-4)7(20)18-8(13)19-9-14-1-2-15-9/h1-2H2,(H4,11,12,17)(H4,13,14,15,18,19,20). The molecule has 2 rings (SSSR count). The Labute approximate surface area is 118 Å². The Hall–Kier alpha value is -2.62. The van der Waals surface area contributed by atoms with E-state index in [2.05, 4.69) is 30.6 Å². The van der Waals surface area contributed by atoms with E-state index in [1.807, 2.05) is 0 Å². The van der Waals surface area contributed by atoms with Crippen molar-refractivity contribution in [3.05, 3.63) is 10.8 Å². The fourth-order valence-corrected chi connectivity index (χ4v) is 1.51. The minimum Gasteiger partial charge on any atom is -0.382 e. The zero-order valence-electron chi connectivity index (χ0n) is 10.2. The van der Waals surface area contributed by atoms with Crippen molar-refractivity contribution in [2.75, 3.05) is 24.6 Å². The highest BCUT2D eigenvalue weighted by molar-refractivity contribution is 6.31. The van der Waals surface area contributed by atoms with Crippen LogP contribution >= 0.6 is 11.6 Å². The number of nitrogens with zero attached hydrogens (tertiary/aromatic N) is 4.